The first kappa shape index (κ1) is 32.6. The van der Waals surface area contributed by atoms with Gasteiger partial charge in [-0.05, 0) is 77.1 Å². The van der Waals surface area contributed by atoms with Crippen LogP contribution >= 0.6 is 0 Å². The van der Waals surface area contributed by atoms with Gasteiger partial charge in [-0.3, -0.25) is 4.98 Å². The Bertz CT molecular complexity index is 654. The second-order valence-electron chi connectivity index (χ2n) is 6.63. The Balaban J connectivity index is -0.000000338. The Morgan fingerprint density at radius 2 is 1.17 bits per heavy atom. The highest BCUT2D eigenvalue weighted by Gasteiger charge is 1.94. The van der Waals surface area contributed by atoms with E-state index in [0.29, 0.717) is 0 Å². The highest BCUT2D eigenvalue weighted by atomic mass is 16.5. The van der Waals surface area contributed by atoms with Gasteiger partial charge in [0.2, 0.25) is 0 Å². The third-order valence-electron chi connectivity index (χ3n) is 4.77. The van der Waals surface area contributed by atoms with Crippen molar-refractivity contribution in [1.82, 2.24) is 4.98 Å². The monoisotopic (exact) mass is 415 g/mol. The number of pyridine rings is 1. The molecule has 172 valence electrons. The lowest BCUT2D eigenvalue weighted by molar-refractivity contribution is 0.412. The number of methoxy groups -OCH3 is 1. The van der Waals surface area contributed by atoms with Crippen LogP contribution in [0.4, 0.5) is 0 Å². The summed E-state index contributed by atoms with van der Waals surface area (Å²) in [5.74, 6) is 0.822. The molecule has 0 aliphatic rings. The van der Waals surface area contributed by atoms with E-state index in [-0.39, 0.29) is 0 Å². The van der Waals surface area contributed by atoms with E-state index in [9.17, 15) is 0 Å². The zero-order valence-electron chi connectivity index (χ0n) is 22.2. The highest BCUT2D eigenvalue weighted by Crippen LogP contribution is 2.12. The smallest absolute Gasteiger partial charge is 0.137 e. The Labute approximate surface area is 188 Å². The van der Waals surface area contributed by atoms with E-state index in [1.807, 2.05) is 47.6 Å². The normalized spacial score (nSPS) is 9.63. The van der Waals surface area contributed by atoms with Crippen molar-refractivity contribution in [2.75, 3.05) is 7.11 Å². The number of ether oxygens (including phenoxy) is 1. The largest absolute Gasteiger partial charge is 0.495 e. The maximum atomic E-state index is 4.99. The molecule has 0 N–H and O–H groups in total. The van der Waals surface area contributed by atoms with Gasteiger partial charge >= 0.3 is 0 Å². The van der Waals surface area contributed by atoms with Gasteiger partial charge in [-0.2, -0.15) is 0 Å². The van der Waals surface area contributed by atoms with Crippen LogP contribution in [0.25, 0.3) is 0 Å². The zero-order chi connectivity index (χ0) is 24.1. The molecular weight excluding hydrogens is 366 g/mol. The van der Waals surface area contributed by atoms with Gasteiger partial charge < -0.3 is 4.74 Å². The molecule has 0 amide bonds. The SMILES string of the molecule is CC.CC.CC/C(C)=C(/C)CC.COc1cnc(C)c(C)c1.Cc1ccccc1C. The lowest BCUT2D eigenvalue weighted by Gasteiger charge is -2.01. The van der Waals surface area contributed by atoms with E-state index in [0.717, 1.165) is 11.4 Å². The first-order chi connectivity index (χ1) is 14.3. The minimum Gasteiger partial charge on any atom is -0.495 e. The van der Waals surface area contributed by atoms with Crippen molar-refractivity contribution in [3.8, 4) is 5.75 Å². The number of nitrogens with zero attached hydrogens (tertiary/aromatic N) is 1. The van der Waals surface area contributed by atoms with Crippen molar-refractivity contribution in [1.29, 1.82) is 0 Å². The van der Waals surface area contributed by atoms with Crippen LogP contribution in [0.1, 0.15) is 90.6 Å². The summed E-state index contributed by atoms with van der Waals surface area (Å²) in [5.41, 5.74) is 8.06. The third kappa shape index (κ3) is 15.8. The zero-order valence-corrected chi connectivity index (χ0v) is 22.2. The number of aromatic nitrogens is 1. The van der Waals surface area contributed by atoms with E-state index in [1.54, 1.807) is 24.5 Å². The van der Waals surface area contributed by atoms with Gasteiger partial charge in [0.05, 0.1) is 13.3 Å². The van der Waals surface area contributed by atoms with Crippen LogP contribution in [0.2, 0.25) is 0 Å². The predicted octanol–water partition coefficient (Wildman–Crippen LogP) is 9.21. The molecule has 2 aromatic rings. The molecule has 0 saturated carbocycles. The molecule has 30 heavy (non-hydrogen) atoms. The van der Waals surface area contributed by atoms with Gasteiger partial charge in [0.15, 0.2) is 0 Å². The van der Waals surface area contributed by atoms with Crippen LogP contribution in [-0.4, -0.2) is 12.1 Å². The quantitative estimate of drug-likeness (QED) is 0.466. The molecule has 0 spiro atoms. The van der Waals surface area contributed by atoms with Crippen molar-refractivity contribution >= 4 is 0 Å². The van der Waals surface area contributed by atoms with E-state index >= 15 is 0 Å². The van der Waals surface area contributed by atoms with Crippen molar-refractivity contribution in [2.24, 2.45) is 0 Å². The second kappa shape index (κ2) is 21.6. The van der Waals surface area contributed by atoms with Crippen LogP contribution in [0, 0.1) is 27.7 Å². The molecule has 2 nitrogen and oxygen atoms in total. The van der Waals surface area contributed by atoms with Gasteiger partial charge in [0.25, 0.3) is 0 Å². The van der Waals surface area contributed by atoms with Gasteiger partial charge in [-0.25, -0.2) is 0 Å². The maximum absolute atomic E-state index is 4.99. The van der Waals surface area contributed by atoms with Crippen molar-refractivity contribution in [3.63, 3.8) is 0 Å². The molecule has 0 bridgehead atoms. The van der Waals surface area contributed by atoms with Gasteiger partial charge in [-0.15, -0.1) is 0 Å². The average Bonchev–Trinajstić information content (AvgIpc) is 2.80. The van der Waals surface area contributed by atoms with E-state index in [1.165, 1.54) is 29.5 Å². The van der Waals surface area contributed by atoms with Crippen molar-refractivity contribution < 1.29 is 4.74 Å². The molecule has 0 saturated heterocycles. The second-order valence-corrected chi connectivity index (χ2v) is 6.63. The third-order valence-corrected chi connectivity index (χ3v) is 4.77. The summed E-state index contributed by atoms with van der Waals surface area (Å²) in [4.78, 5) is 4.12. The number of rotatable bonds is 3. The minimum atomic E-state index is 0.822. The molecule has 0 fully saturated rings. The fourth-order valence-electron chi connectivity index (χ4n) is 2.00. The number of aryl methyl sites for hydroxylation is 4. The Morgan fingerprint density at radius 1 is 0.767 bits per heavy atom. The number of hydrogen-bond acceptors (Lipinski definition) is 2. The highest BCUT2D eigenvalue weighted by molar-refractivity contribution is 5.27. The molecule has 2 rings (SSSR count). The summed E-state index contributed by atoms with van der Waals surface area (Å²) in [6.07, 6.45) is 4.14. The summed E-state index contributed by atoms with van der Waals surface area (Å²) in [5, 5.41) is 0. The van der Waals surface area contributed by atoms with Crippen LogP contribution in [-0.2, 0) is 0 Å². The number of allylic oxidation sites excluding steroid dienone is 2. The average molecular weight is 416 g/mol. The topological polar surface area (TPSA) is 22.1 Å². The Morgan fingerprint density at radius 3 is 1.43 bits per heavy atom. The van der Waals surface area contributed by atoms with E-state index < -0.39 is 0 Å². The molecule has 0 aliphatic carbocycles. The van der Waals surface area contributed by atoms with Crippen LogP contribution < -0.4 is 4.74 Å². The molecule has 1 aromatic carbocycles. The maximum Gasteiger partial charge on any atom is 0.137 e. The molecular formula is C28H49NO. The summed E-state index contributed by atoms with van der Waals surface area (Å²) in [6.45, 7) is 25.1. The van der Waals surface area contributed by atoms with Gasteiger partial charge in [0, 0.05) is 5.69 Å². The van der Waals surface area contributed by atoms with Crippen LogP contribution in [0.15, 0.2) is 47.7 Å². The fraction of sp³-hybridized carbons (Fsp3) is 0.536. The van der Waals surface area contributed by atoms with Gasteiger partial charge in [-0.1, -0.05) is 77.0 Å². The first-order valence-electron chi connectivity index (χ1n) is 11.4. The fourth-order valence-corrected chi connectivity index (χ4v) is 2.00. The molecule has 0 radical (unpaired) electrons. The lowest BCUT2D eigenvalue weighted by atomic mass is 10.1. The Kier molecular flexibility index (Phi) is 23.5. The summed E-state index contributed by atoms with van der Waals surface area (Å²) in [7, 11) is 1.64. The first-order valence-corrected chi connectivity index (χ1v) is 11.4. The van der Waals surface area contributed by atoms with Crippen molar-refractivity contribution in [2.45, 2.75) is 95.9 Å². The lowest BCUT2D eigenvalue weighted by Crippen LogP contribution is -1.89. The van der Waals surface area contributed by atoms with Crippen molar-refractivity contribution in [3.05, 3.63) is 70.1 Å². The van der Waals surface area contributed by atoms with Crippen LogP contribution in [0.3, 0.4) is 0 Å². The molecule has 1 heterocycles. The van der Waals surface area contributed by atoms with Gasteiger partial charge in [0.1, 0.15) is 5.75 Å². The number of hydrogen-bond donors (Lipinski definition) is 0. The molecule has 1 aromatic heterocycles. The molecule has 0 unspecified atom stereocenters. The van der Waals surface area contributed by atoms with E-state index in [2.05, 4.69) is 70.8 Å². The summed E-state index contributed by atoms with van der Waals surface area (Å²) < 4.78 is 4.99. The number of benzene rings is 1. The summed E-state index contributed by atoms with van der Waals surface area (Å²) >= 11 is 0. The molecule has 0 atom stereocenters. The van der Waals surface area contributed by atoms with Crippen LogP contribution in [0.5, 0.6) is 5.75 Å². The molecule has 0 aliphatic heterocycles. The Hall–Kier alpha value is -2.09. The standard InChI is InChI=1S/C8H11NO.C8H10.C8H16.2C2H6/c1-6-4-8(10-3)5-9-7(6)2;1-7-5-3-4-6-8(7)2;1-5-7(3)8(4)6-2;2*1-2/h4-5H,1-3H3;3-6H,1-2H3;5-6H2,1-4H3;2*1-2H3/b;;8-7-;;. The van der Waals surface area contributed by atoms with E-state index in [4.69, 9.17) is 4.74 Å². The predicted molar refractivity (Wildman–Crippen MR) is 138 cm³/mol. The summed E-state index contributed by atoms with van der Waals surface area (Å²) in [6, 6.07) is 10.3. The minimum absolute atomic E-state index is 0.822. The molecule has 2 heteroatoms.